The van der Waals surface area contributed by atoms with Crippen LogP contribution < -0.4 is 4.74 Å². The van der Waals surface area contributed by atoms with Gasteiger partial charge in [0.2, 0.25) is 0 Å². The van der Waals surface area contributed by atoms with E-state index in [0.717, 1.165) is 31.6 Å². The first-order valence-electron chi connectivity index (χ1n) is 5.20. The van der Waals surface area contributed by atoms with Crippen LogP contribution in [0.2, 0.25) is 0 Å². The number of hydrogen-bond acceptors (Lipinski definition) is 1. The first-order chi connectivity index (χ1) is 6.88. The fourth-order valence-electron chi connectivity index (χ4n) is 1.44. The molecular weight excluding hydrogens is 172 g/mol. The largest absolute Gasteiger partial charge is 0.494 e. The summed E-state index contributed by atoms with van der Waals surface area (Å²) >= 11 is 0. The number of ether oxygens (including phenoxy) is 1. The summed E-state index contributed by atoms with van der Waals surface area (Å²) < 4.78 is 5.54. The van der Waals surface area contributed by atoms with E-state index in [-0.39, 0.29) is 0 Å². The van der Waals surface area contributed by atoms with E-state index in [0.29, 0.717) is 0 Å². The molecule has 14 heavy (non-hydrogen) atoms. The van der Waals surface area contributed by atoms with Crippen LogP contribution in [-0.4, -0.2) is 6.61 Å². The topological polar surface area (TPSA) is 9.23 Å². The first-order valence-corrected chi connectivity index (χ1v) is 5.20. The van der Waals surface area contributed by atoms with E-state index in [1.807, 2.05) is 25.1 Å². The van der Waals surface area contributed by atoms with E-state index >= 15 is 0 Å². The molecule has 0 radical (unpaired) electrons. The predicted molar refractivity (Wildman–Crippen MR) is 60.7 cm³/mol. The molecule has 0 aliphatic rings. The van der Waals surface area contributed by atoms with Crippen molar-refractivity contribution in [3.8, 4) is 5.75 Å². The lowest BCUT2D eigenvalue weighted by Crippen LogP contribution is -1.96. The lowest BCUT2D eigenvalue weighted by atomic mass is 10.1. The Hall–Kier alpha value is -1.24. The average molecular weight is 190 g/mol. The maximum absolute atomic E-state index is 5.54. The highest BCUT2D eigenvalue weighted by Gasteiger charge is 2.00. The Labute approximate surface area is 86.4 Å². The van der Waals surface area contributed by atoms with Gasteiger partial charge in [-0.2, -0.15) is 0 Å². The highest BCUT2D eigenvalue weighted by molar-refractivity contribution is 5.33. The van der Waals surface area contributed by atoms with Crippen LogP contribution in [0.1, 0.15) is 25.3 Å². The van der Waals surface area contributed by atoms with Crippen molar-refractivity contribution in [3.63, 3.8) is 0 Å². The number of allylic oxidation sites excluding steroid dienone is 1. The van der Waals surface area contributed by atoms with Crippen LogP contribution in [0.3, 0.4) is 0 Å². The summed E-state index contributed by atoms with van der Waals surface area (Å²) in [7, 11) is 0. The fraction of sp³-hybridized carbons (Fsp3) is 0.385. The van der Waals surface area contributed by atoms with E-state index in [9.17, 15) is 0 Å². The maximum Gasteiger partial charge on any atom is 0.122 e. The monoisotopic (exact) mass is 190 g/mol. The highest BCUT2D eigenvalue weighted by Crippen LogP contribution is 2.19. The predicted octanol–water partition coefficient (Wildman–Crippen LogP) is 3.59. The normalized spacial score (nSPS) is 9.79. The van der Waals surface area contributed by atoms with Gasteiger partial charge in [0.1, 0.15) is 5.75 Å². The van der Waals surface area contributed by atoms with E-state index in [1.165, 1.54) is 5.56 Å². The Kier molecular flexibility index (Phi) is 4.84. The molecule has 0 aliphatic carbocycles. The summed E-state index contributed by atoms with van der Waals surface area (Å²) in [4.78, 5) is 0. The Morgan fingerprint density at radius 2 is 2.14 bits per heavy atom. The van der Waals surface area contributed by atoms with E-state index in [1.54, 1.807) is 0 Å². The molecule has 1 aromatic carbocycles. The van der Waals surface area contributed by atoms with Gasteiger partial charge in [-0.05, 0) is 37.8 Å². The molecule has 76 valence electrons. The molecule has 1 rings (SSSR count). The van der Waals surface area contributed by atoms with Gasteiger partial charge >= 0.3 is 0 Å². The van der Waals surface area contributed by atoms with Crippen molar-refractivity contribution < 1.29 is 4.74 Å². The summed E-state index contributed by atoms with van der Waals surface area (Å²) in [5.41, 5.74) is 1.30. The first kappa shape index (κ1) is 10.8. The van der Waals surface area contributed by atoms with Crippen molar-refractivity contribution in [2.45, 2.75) is 26.2 Å². The van der Waals surface area contributed by atoms with E-state index < -0.39 is 0 Å². The van der Waals surface area contributed by atoms with Crippen LogP contribution in [0.5, 0.6) is 5.75 Å². The number of hydrogen-bond donors (Lipinski definition) is 0. The van der Waals surface area contributed by atoms with Crippen molar-refractivity contribution in [1.29, 1.82) is 0 Å². The molecule has 0 unspecified atom stereocenters. The van der Waals surface area contributed by atoms with Crippen LogP contribution >= 0.6 is 0 Å². The minimum atomic E-state index is 0.735. The summed E-state index contributed by atoms with van der Waals surface area (Å²) in [6.45, 7) is 6.47. The molecule has 0 aromatic heterocycles. The zero-order valence-electron chi connectivity index (χ0n) is 8.83. The minimum Gasteiger partial charge on any atom is -0.494 e. The number of para-hydroxylation sites is 1. The van der Waals surface area contributed by atoms with Crippen LogP contribution in [0, 0.1) is 0 Å². The van der Waals surface area contributed by atoms with Gasteiger partial charge in [0.25, 0.3) is 0 Å². The molecule has 1 aromatic rings. The minimum absolute atomic E-state index is 0.735. The van der Waals surface area contributed by atoms with Gasteiger partial charge < -0.3 is 4.74 Å². The fourth-order valence-corrected chi connectivity index (χ4v) is 1.44. The lowest BCUT2D eigenvalue weighted by molar-refractivity contribution is 0.336. The van der Waals surface area contributed by atoms with Crippen molar-refractivity contribution in [2.75, 3.05) is 6.61 Å². The number of rotatable bonds is 6. The second kappa shape index (κ2) is 6.25. The van der Waals surface area contributed by atoms with Gasteiger partial charge in [0.05, 0.1) is 6.61 Å². The smallest absolute Gasteiger partial charge is 0.122 e. The van der Waals surface area contributed by atoms with Crippen molar-refractivity contribution in [1.82, 2.24) is 0 Å². The number of unbranched alkanes of at least 4 members (excludes halogenated alkanes) is 1. The summed E-state index contributed by atoms with van der Waals surface area (Å²) in [5, 5.41) is 0. The van der Waals surface area contributed by atoms with E-state index in [4.69, 9.17) is 4.74 Å². The van der Waals surface area contributed by atoms with Gasteiger partial charge in [-0.15, -0.1) is 6.58 Å². The molecule has 0 spiro atoms. The van der Waals surface area contributed by atoms with Crippen LogP contribution in [0.4, 0.5) is 0 Å². The zero-order valence-corrected chi connectivity index (χ0v) is 8.83. The molecule has 0 fully saturated rings. The van der Waals surface area contributed by atoms with Gasteiger partial charge in [0, 0.05) is 0 Å². The van der Waals surface area contributed by atoms with Crippen molar-refractivity contribution in [3.05, 3.63) is 42.5 Å². The number of benzene rings is 1. The zero-order chi connectivity index (χ0) is 10.2. The molecule has 0 bridgehead atoms. The van der Waals surface area contributed by atoms with E-state index in [2.05, 4.69) is 18.7 Å². The summed E-state index contributed by atoms with van der Waals surface area (Å²) in [6.07, 6.45) is 5.25. The molecule has 0 aliphatic heterocycles. The van der Waals surface area contributed by atoms with Crippen LogP contribution in [0.25, 0.3) is 0 Å². The van der Waals surface area contributed by atoms with Crippen molar-refractivity contribution in [2.24, 2.45) is 0 Å². The maximum atomic E-state index is 5.54. The molecule has 0 heterocycles. The van der Waals surface area contributed by atoms with Gasteiger partial charge in [-0.25, -0.2) is 0 Å². The summed E-state index contributed by atoms with van der Waals surface area (Å²) in [6, 6.07) is 8.24. The average Bonchev–Trinajstić information content (AvgIpc) is 2.21. The molecule has 1 nitrogen and oxygen atoms in total. The second-order valence-electron chi connectivity index (χ2n) is 3.22. The Bertz CT molecular complexity index is 278. The van der Waals surface area contributed by atoms with Gasteiger partial charge in [0.15, 0.2) is 0 Å². The summed E-state index contributed by atoms with van der Waals surface area (Å²) in [5.74, 6) is 1.03. The van der Waals surface area contributed by atoms with Crippen molar-refractivity contribution >= 4 is 0 Å². The third-order valence-corrected chi connectivity index (χ3v) is 2.13. The molecule has 1 heteroatoms. The van der Waals surface area contributed by atoms with Gasteiger partial charge in [-0.3, -0.25) is 0 Å². The lowest BCUT2D eigenvalue weighted by Gasteiger charge is -2.08. The Morgan fingerprint density at radius 3 is 2.86 bits per heavy atom. The quantitative estimate of drug-likeness (QED) is 0.492. The second-order valence-corrected chi connectivity index (χ2v) is 3.22. The molecule has 0 amide bonds. The molecule has 0 atom stereocenters. The van der Waals surface area contributed by atoms with Crippen LogP contribution in [0.15, 0.2) is 36.9 Å². The Balaban J connectivity index is 2.59. The standard InChI is InChI=1S/C13H18O/c1-3-5-6-9-12-10-7-8-11-13(12)14-4-2/h3,7-8,10-11H,1,4-6,9H2,2H3. The third kappa shape index (κ3) is 3.25. The SMILES string of the molecule is C=CCCCc1ccccc1OCC. The highest BCUT2D eigenvalue weighted by atomic mass is 16.5. The molecule has 0 saturated heterocycles. The third-order valence-electron chi connectivity index (χ3n) is 2.13. The molecule has 0 N–H and O–H groups in total. The van der Waals surface area contributed by atoms with Crippen LogP contribution in [-0.2, 0) is 6.42 Å². The molecular formula is C13H18O. The van der Waals surface area contributed by atoms with Gasteiger partial charge in [-0.1, -0.05) is 24.3 Å². The molecule has 0 saturated carbocycles. The number of aryl methyl sites for hydroxylation is 1. The Morgan fingerprint density at radius 1 is 1.36 bits per heavy atom.